The lowest BCUT2D eigenvalue weighted by Crippen LogP contribution is -2.48. The number of rotatable bonds is 6. The van der Waals surface area contributed by atoms with Crippen LogP contribution < -0.4 is 10.6 Å². The molecule has 94 valence electrons. The Kier molecular flexibility index (Phi) is 4.12. The molecule has 0 saturated heterocycles. The molecule has 2 N–H and O–H groups in total. The molecule has 16 heavy (non-hydrogen) atoms. The minimum atomic E-state index is -4.10. The van der Waals surface area contributed by atoms with E-state index in [1.165, 1.54) is 6.92 Å². The second kappa shape index (κ2) is 4.99. The molecule has 1 saturated carbocycles. The van der Waals surface area contributed by atoms with E-state index < -0.39 is 30.8 Å². The monoisotopic (exact) mass is 242 g/mol. The van der Waals surface area contributed by atoms with E-state index in [1.54, 1.807) is 0 Å². The van der Waals surface area contributed by atoms with Crippen molar-refractivity contribution >= 4 is 5.91 Å². The highest BCUT2D eigenvalue weighted by molar-refractivity contribution is 5.81. The van der Waals surface area contributed by atoms with Gasteiger partial charge in [0.25, 0.3) is 0 Å². The van der Waals surface area contributed by atoms with Gasteiger partial charge in [0.2, 0.25) is 5.91 Å². The molecule has 0 aromatic carbocycles. The first-order valence-electron chi connectivity index (χ1n) is 5.02. The van der Waals surface area contributed by atoms with Crippen molar-refractivity contribution in [1.29, 1.82) is 0 Å². The third-order valence-electron chi connectivity index (χ3n) is 2.28. The van der Waals surface area contributed by atoms with E-state index in [4.69, 9.17) is 0 Å². The summed E-state index contributed by atoms with van der Waals surface area (Å²) >= 11 is 0. The molecular weight excluding hydrogens is 228 g/mol. The van der Waals surface area contributed by atoms with Crippen LogP contribution in [0.1, 0.15) is 19.8 Å². The van der Waals surface area contributed by atoms with Gasteiger partial charge in [0.15, 0.2) is 0 Å². The molecule has 0 bridgehead atoms. The lowest BCUT2D eigenvalue weighted by atomic mass is 10.2. The first-order chi connectivity index (χ1) is 7.33. The Morgan fingerprint density at radius 1 is 1.44 bits per heavy atom. The summed E-state index contributed by atoms with van der Waals surface area (Å²) in [5.74, 6) is -4.54. The summed E-state index contributed by atoms with van der Waals surface area (Å²) < 4.78 is 48.6. The number of amides is 1. The summed E-state index contributed by atoms with van der Waals surface area (Å²) in [4.78, 5) is 11.3. The van der Waals surface area contributed by atoms with Crippen LogP contribution in [-0.4, -0.2) is 36.9 Å². The zero-order chi connectivity index (χ0) is 12.3. The summed E-state index contributed by atoms with van der Waals surface area (Å²) in [5.41, 5.74) is 0. The molecule has 0 spiro atoms. The van der Waals surface area contributed by atoms with Crippen molar-refractivity contribution in [2.24, 2.45) is 0 Å². The molecule has 1 atom stereocenters. The topological polar surface area (TPSA) is 41.1 Å². The molecule has 1 amide bonds. The van der Waals surface area contributed by atoms with Gasteiger partial charge in [-0.1, -0.05) is 0 Å². The van der Waals surface area contributed by atoms with Crippen LogP contribution in [0.2, 0.25) is 0 Å². The van der Waals surface area contributed by atoms with Gasteiger partial charge < -0.3 is 10.6 Å². The first-order valence-corrected chi connectivity index (χ1v) is 5.02. The van der Waals surface area contributed by atoms with E-state index in [0.717, 1.165) is 12.8 Å². The van der Waals surface area contributed by atoms with Crippen molar-refractivity contribution in [3.05, 3.63) is 0 Å². The quantitative estimate of drug-likeness (QED) is 0.686. The van der Waals surface area contributed by atoms with E-state index in [-0.39, 0.29) is 6.04 Å². The van der Waals surface area contributed by atoms with Crippen molar-refractivity contribution in [2.75, 3.05) is 6.54 Å². The molecule has 1 unspecified atom stereocenters. The Hall–Kier alpha value is -0.850. The fourth-order valence-electron chi connectivity index (χ4n) is 1.01. The van der Waals surface area contributed by atoms with Gasteiger partial charge in [-0.2, -0.15) is 8.78 Å². The number of carbonyl (C=O) groups is 1. The van der Waals surface area contributed by atoms with Crippen molar-refractivity contribution in [1.82, 2.24) is 10.6 Å². The average Bonchev–Trinajstić information content (AvgIpc) is 2.97. The fourth-order valence-corrected chi connectivity index (χ4v) is 1.01. The molecule has 1 aliphatic rings. The lowest BCUT2D eigenvalue weighted by Gasteiger charge is -2.19. The molecule has 0 aromatic heterocycles. The maximum Gasteiger partial charge on any atom is 0.319 e. The molecule has 7 heteroatoms. The molecule has 1 fully saturated rings. The van der Waals surface area contributed by atoms with E-state index in [9.17, 15) is 22.4 Å². The standard InChI is InChI=1S/C9H14F4N2O/c1-5(7(16)15-6-2-3-6)14-4-9(12,13)8(10)11/h5-6,8,14H,2-4H2,1H3,(H,15,16). The first kappa shape index (κ1) is 13.2. The lowest BCUT2D eigenvalue weighted by molar-refractivity contribution is -0.131. The summed E-state index contributed by atoms with van der Waals surface area (Å²) in [6.07, 6.45) is -1.96. The van der Waals surface area contributed by atoms with Gasteiger partial charge >= 0.3 is 12.3 Å². The van der Waals surface area contributed by atoms with Crippen molar-refractivity contribution < 1.29 is 22.4 Å². The van der Waals surface area contributed by atoms with E-state index in [2.05, 4.69) is 10.6 Å². The Balaban J connectivity index is 2.27. The predicted octanol–water partition coefficient (Wildman–Crippen LogP) is 1.14. The normalized spacial score (nSPS) is 18.6. The van der Waals surface area contributed by atoms with Crippen LogP contribution in [0.25, 0.3) is 0 Å². The minimum absolute atomic E-state index is 0.118. The van der Waals surface area contributed by atoms with E-state index in [1.807, 2.05) is 0 Å². The molecule has 0 radical (unpaired) electrons. The minimum Gasteiger partial charge on any atom is -0.352 e. The Morgan fingerprint density at radius 3 is 2.44 bits per heavy atom. The fraction of sp³-hybridized carbons (Fsp3) is 0.889. The van der Waals surface area contributed by atoms with Gasteiger partial charge in [-0.05, 0) is 19.8 Å². The number of alkyl halides is 4. The zero-order valence-corrected chi connectivity index (χ0v) is 8.77. The van der Waals surface area contributed by atoms with Gasteiger partial charge in [-0.3, -0.25) is 4.79 Å². The van der Waals surface area contributed by atoms with Crippen LogP contribution >= 0.6 is 0 Å². The maximum absolute atomic E-state index is 12.5. The second-order valence-corrected chi connectivity index (χ2v) is 3.95. The number of halogens is 4. The Morgan fingerprint density at radius 2 is 2.00 bits per heavy atom. The van der Waals surface area contributed by atoms with Crippen LogP contribution in [-0.2, 0) is 4.79 Å². The number of carbonyl (C=O) groups excluding carboxylic acids is 1. The SMILES string of the molecule is CC(NCC(F)(F)C(F)F)C(=O)NC1CC1. The van der Waals surface area contributed by atoms with Gasteiger partial charge in [0, 0.05) is 6.04 Å². The average molecular weight is 242 g/mol. The summed E-state index contributed by atoms with van der Waals surface area (Å²) in [5, 5.41) is 4.68. The highest BCUT2D eigenvalue weighted by Gasteiger charge is 2.41. The Bertz CT molecular complexity index is 256. The molecule has 1 rings (SSSR count). The van der Waals surface area contributed by atoms with Crippen LogP contribution in [0.3, 0.4) is 0 Å². The summed E-state index contributed by atoms with van der Waals surface area (Å²) in [6, 6.07) is -0.780. The molecule has 3 nitrogen and oxygen atoms in total. The second-order valence-electron chi connectivity index (χ2n) is 3.95. The molecule has 0 heterocycles. The smallest absolute Gasteiger partial charge is 0.319 e. The van der Waals surface area contributed by atoms with Crippen LogP contribution in [0, 0.1) is 0 Å². The van der Waals surface area contributed by atoms with Crippen LogP contribution in [0.4, 0.5) is 17.6 Å². The van der Waals surface area contributed by atoms with Gasteiger partial charge in [-0.15, -0.1) is 0 Å². The number of nitrogens with one attached hydrogen (secondary N) is 2. The van der Waals surface area contributed by atoms with Gasteiger partial charge in [-0.25, -0.2) is 8.78 Å². The maximum atomic E-state index is 12.5. The molecule has 0 aromatic rings. The Labute approximate surface area is 90.6 Å². The summed E-state index contributed by atoms with van der Waals surface area (Å²) in [7, 11) is 0. The molecule has 0 aliphatic heterocycles. The van der Waals surface area contributed by atoms with Crippen molar-refractivity contribution in [3.8, 4) is 0 Å². The highest BCUT2D eigenvalue weighted by Crippen LogP contribution is 2.22. The van der Waals surface area contributed by atoms with Crippen LogP contribution in [0.15, 0.2) is 0 Å². The number of hydrogen-bond donors (Lipinski definition) is 2. The molecule has 1 aliphatic carbocycles. The predicted molar refractivity (Wildman–Crippen MR) is 49.6 cm³/mol. The highest BCUT2D eigenvalue weighted by atomic mass is 19.3. The third kappa shape index (κ3) is 3.96. The largest absolute Gasteiger partial charge is 0.352 e. The van der Waals surface area contributed by atoms with Crippen molar-refractivity contribution in [2.45, 2.75) is 44.2 Å². The van der Waals surface area contributed by atoms with Crippen molar-refractivity contribution in [3.63, 3.8) is 0 Å². The van der Waals surface area contributed by atoms with E-state index >= 15 is 0 Å². The zero-order valence-electron chi connectivity index (χ0n) is 8.77. The summed E-state index contributed by atoms with van der Waals surface area (Å²) in [6.45, 7) is 0.156. The van der Waals surface area contributed by atoms with Gasteiger partial charge in [0.1, 0.15) is 0 Å². The number of hydrogen-bond acceptors (Lipinski definition) is 2. The van der Waals surface area contributed by atoms with Gasteiger partial charge in [0.05, 0.1) is 12.6 Å². The third-order valence-corrected chi connectivity index (χ3v) is 2.28. The van der Waals surface area contributed by atoms with E-state index in [0.29, 0.717) is 0 Å². The molecular formula is C9H14F4N2O. The van der Waals surface area contributed by atoms with Crippen LogP contribution in [0.5, 0.6) is 0 Å².